The standard InChI is InChI=1S/C32H40N4O6/c1-5-6-19-36(30(40)25(17-18-27(33)38)35-31(41)42-32(2,3)4)28(24-13-9-10-14-26(24)37)29(39)34-23-16-15-21-11-7-8-12-22(21)20-23/h7-16,20,25,28,37H,5-6,17-19H2,1-4H3,(H2,33,38)(H,34,39)(H,35,41). The Kier molecular flexibility index (Phi) is 10.9. The van der Waals surface area contributed by atoms with Crippen LogP contribution in [0.5, 0.6) is 5.75 Å². The number of unbranched alkanes of at least 4 members (excludes halogenated alkanes) is 1. The molecule has 2 atom stereocenters. The molecule has 3 aromatic carbocycles. The number of carbonyl (C=O) groups excluding carboxylic acids is 4. The van der Waals surface area contributed by atoms with E-state index in [1.54, 1.807) is 45.0 Å². The molecule has 0 aliphatic carbocycles. The Morgan fingerprint density at radius 3 is 2.29 bits per heavy atom. The molecule has 0 fully saturated rings. The molecule has 3 aromatic rings. The Morgan fingerprint density at radius 2 is 1.64 bits per heavy atom. The Hall–Kier alpha value is -4.60. The topological polar surface area (TPSA) is 151 Å². The molecule has 0 saturated heterocycles. The number of hydrogen-bond donors (Lipinski definition) is 4. The fraction of sp³-hybridized carbons (Fsp3) is 0.375. The average molecular weight is 577 g/mol. The number of primary amides is 1. The molecule has 0 bridgehead atoms. The van der Waals surface area contributed by atoms with E-state index in [0.29, 0.717) is 18.5 Å². The van der Waals surface area contributed by atoms with Crippen LogP contribution in [0.3, 0.4) is 0 Å². The van der Waals surface area contributed by atoms with Gasteiger partial charge in [0.2, 0.25) is 11.8 Å². The summed E-state index contributed by atoms with van der Waals surface area (Å²) in [5.41, 5.74) is 5.26. The van der Waals surface area contributed by atoms with E-state index in [-0.39, 0.29) is 30.7 Å². The predicted octanol–water partition coefficient (Wildman–Crippen LogP) is 5.01. The zero-order valence-corrected chi connectivity index (χ0v) is 24.6. The summed E-state index contributed by atoms with van der Waals surface area (Å²) in [6.45, 7) is 7.14. The molecule has 0 aliphatic heterocycles. The van der Waals surface area contributed by atoms with Gasteiger partial charge in [0.15, 0.2) is 0 Å². The van der Waals surface area contributed by atoms with Gasteiger partial charge in [0, 0.05) is 24.2 Å². The first-order valence-corrected chi connectivity index (χ1v) is 14.1. The molecule has 224 valence electrons. The van der Waals surface area contributed by atoms with Crippen LogP contribution in [0.4, 0.5) is 10.5 Å². The summed E-state index contributed by atoms with van der Waals surface area (Å²) in [6, 6.07) is 17.0. The molecule has 0 heterocycles. The number of fused-ring (bicyclic) bond motifs is 1. The lowest BCUT2D eigenvalue weighted by Gasteiger charge is -2.34. The molecule has 4 amide bonds. The lowest BCUT2D eigenvalue weighted by atomic mass is 10.00. The molecule has 0 spiro atoms. The van der Waals surface area contributed by atoms with Crippen molar-refractivity contribution in [3.63, 3.8) is 0 Å². The van der Waals surface area contributed by atoms with Crippen LogP contribution >= 0.6 is 0 Å². The second-order valence-corrected chi connectivity index (χ2v) is 11.1. The first-order chi connectivity index (χ1) is 19.9. The van der Waals surface area contributed by atoms with Crippen LogP contribution in [0, 0.1) is 0 Å². The average Bonchev–Trinajstić information content (AvgIpc) is 2.92. The summed E-state index contributed by atoms with van der Waals surface area (Å²) >= 11 is 0. The number of anilines is 1. The smallest absolute Gasteiger partial charge is 0.408 e. The Balaban J connectivity index is 2.03. The molecule has 10 nitrogen and oxygen atoms in total. The van der Waals surface area contributed by atoms with E-state index in [9.17, 15) is 24.3 Å². The highest BCUT2D eigenvalue weighted by Crippen LogP contribution is 2.32. The fourth-order valence-corrected chi connectivity index (χ4v) is 4.54. The van der Waals surface area contributed by atoms with Crippen molar-refractivity contribution >= 4 is 40.3 Å². The molecule has 2 unspecified atom stereocenters. The number of carbonyl (C=O) groups is 4. The van der Waals surface area contributed by atoms with Gasteiger partial charge in [-0.1, -0.05) is 61.9 Å². The summed E-state index contributed by atoms with van der Waals surface area (Å²) < 4.78 is 5.36. The number of nitrogens with two attached hydrogens (primary N) is 1. The van der Waals surface area contributed by atoms with Crippen molar-refractivity contribution < 1.29 is 29.0 Å². The van der Waals surface area contributed by atoms with Gasteiger partial charge in [-0.25, -0.2) is 4.79 Å². The van der Waals surface area contributed by atoms with Gasteiger partial charge < -0.3 is 31.1 Å². The van der Waals surface area contributed by atoms with E-state index in [1.807, 2.05) is 43.3 Å². The minimum absolute atomic E-state index is 0.101. The minimum Gasteiger partial charge on any atom is -0.508 e. The summed E-state index contributed by atoms with van der Waals surface area (Å²) in [7, 11) is 0. The summed E-state index contributed by atoms with van der Waals surface area (Å²) in [6.07, 6.45) is 0.109. The Morgan fingerprint density at radius 1 is 0.976 bits per heavy atom. The van der Waals surface area contributed by atoms with Crippen molar-refractivity contribution in [3.05, 3.63) is 72.3 Å². The van der Waals surface area contributed by atoms with Crippen LogP contribution in [0.2, 0.25) is 0 Å². The maximum Gasteiger partial charge on any atom is 0.408 e. The normalized spacial score (nSPS) is 12.7. The molecule has 3 rings (SSSR count). The predicted molar refractivity (Wildman–Crippen MR) is 162 cm³/mol. The van der Waals surface area contributed by atoms with E-state index in [0.717, 1.165) is 10.8 Å². The van der Waals surface area contributed by atoms with Gasteiger partial charge in [-0.2, -0.15) is 0 Å². The monoisotopic (exact) mass is 576 g/mol. The zero-order valence-electron chi connectivity index (χ0n) is 24.6. The van der Waals surface area contributed by atoms with Gasteiger partial charge in [-0.15, -0.1) is 0 Å². The third kappa shape index (κ3) is 8.95. The van der Waals surface area contributed by atoms with E-state index >= 15 is 0 Å². The van der Waals surface area contributed by atoms with Crippen LogP contribution in [-0.2, 0) is 19.1 Å². The van der Waals surface area contributed by atoms with Crippen LogP contribution in [0.1, 0.15) is 65.0 Å². The number of ether oxygens (including phenoxy) is 1. The van der Waals surface area contributed by atoms with Gasteiger partial charge in [0.25, 0.3) is 5.91 Å². The van der Waals surface area contributed by atoms with Crippen molar-refractivity contribution in [2.75, 3.05) is 11.9 Å². The van der Waals surface area contributed by atoms with Gasteiger partial charge in [0.05, 0.1) is 0 Å². The number of para-hydroxylation sites is 1. The SMILES string of the molecule is CCCCN(C(=O)C(CCC(N)=O)NC(=O)OC(C)(C)C)C(C(=O)Nc1ccc2ccccc2c1)c1ccccc1O. The van der Waals surface area contributed by atoms with E-state index < -0.39 is 41.5 Å². The van der Waals surface area contributed by atoms with Crippen LogP contribution in [0.25, 0.3) is 10.8 Å². The number of rotatable bonds is 12. The molecule has 10 heteroatoms. The third-order valence-electron chi connectivity index (χ3n) is 6.51. The van der Waals surface area contributed by atoms with Gasteiger partial charge in [-0.05, 0) is 62.6 Å². The molecule has 5 N–H and O–H groups in total. The van der Waals surface area contributed by atoms with Crippen LogP contribution in [0.15, 0.2) is 66.7 Å². The highest BCUT2D eigenvalue weighted by molar-refractivity contribution is 6.00. The van der Waals surface area contributed by atoms with Gasteiger partial charge in [-0.3, -0.25) is 14.4 Å². The van der Waals surface area contributed by atoms with Crippen molar-refractivity contribution in [1.29, 1.82) is 0 Å². The summed E-state index contributed by atoms with van der Waals surface area (Å²) in [4.78, 5) is 53.8. The fourth-order valence-electron chi connectivity index (χ4n) is 4.54. The number of benzene rings is 3. The highest BCUT2D eigenvalue weighted by Gasteiger charge is 2.37. The minimum atomic E-state index is -1.26. The number of phenolic OH excluding ortho intramolecular Hbond substituents is 1. The molecular weight excluding hydrogens is 536 g/mol. The lowest BCUT2D eigenvalue weighted by Crippen LogP contribution is -2.52. The Labute approximate surface area is 246 Å². The van der Waals surface area contributed by atoms with Crippen molar-refractivity contribution in [2.45, 2.75) is 71.1 Å². The quantitative estimate of drug-likeness (QED) is 0.238. The number of phenols is 1. The van der Waals surface area contributed by atoms with Crippen molar-refractivity contribution in [3.8, 4) is 5.75 Å². The largest absolute Gasteiger partial charge is 0.508 e. The van der Waals surface area contributed by atoms with Gasteiger partial charge >= 0.3 is 6.09 Å². The van der Waals surface area contributed by atoms with E-state index in [2.05, 4.69) is 10.6 Å². The van der Waals surface area contributed by atoms with Gasteiger partial charge in [0.1, 0.15) is 23.4 Å². The van der Waals surface area contributed by atoms with Crippen molar-refractivity contribution in [2.24, 2.45) is 5.73 Å². The summed E-state index contributed by atoms with van der Waals surface area (Å²) in [5.74, 6) is -1.98. The number of nitrogens with one attached hydrogen (secondary N) is 2. The summed E-state index contributed by atoms with van der Waals surface area (Å²) in [5, 5.41) is 18.2. The number of nitrogens with zero attached hydrogens (tertiary/aromatic N) is 1. The molecule has 0 radical (unpaired) electrons. The molecule has 42 heavy (non-hydrogen) atoms. The number of amides is 4. The van der Waals surface area contributed by atoms with Crippen LogP contribution < -0.4 is 16.4 Å². The maximum absolute atomic E-state index is 14.2. The Bertz CT molecular complexity index is 1420. The van der Waals surface area contributed by atoms with E-state index in [1.165, 1.54) is 11.0 Å². The second-order valence-electron chi connectivity index (χ2n) is 11.1. The maximum atomic E-state index is 14.2. The zero-order chi connectivity index (χ0) is 30.9. The number of alkyl carbamates (subject to hydrolysis) is 1. The first-order valence-electron chi connectivity index (χ1n) is 14.1. The second kappa shape index (κ2) is 14.3. The third-order valence-corrected chi connectivity index (χ3v) is 6.51. The number of hydrogen-bond acceptors (Lipinski definition) is 6. The molecule has 0 aromatic heterocycles. The molecular formula is C32H40N4O6. The molecule has 0 saturated carbocycles. The van der Waals surface area contributed by atoms with Crippen LogP contribution in [-0.4, -0.2) is 52.0 Å². The highest BCUT2D eigenvalue weighted by atomic mass is 16.6. The van der Waals surface area contributed by atoms with Crippen molar-refractivity contribution in [1.82, 2.24) is 10.2 Å². The lowest BCUT2D eigenvalue weighted by molar-refractivity contribution is -0.141. The number of aromatic hydroxyl groups is 1. The molecule has 0 aliphatic rings. The first kappa shape index (κ1) is 31.9. The van der Waals surface area contributed by atoms with E-state index in [4.69, 9.17) is 10.5 Å².